The van der Waals surface area contributed by atoms with Crippen LogP contribution in [0.1, 0.15) is 29.7 Å². The van der Waals surface area contributed by atoms with Gasteiger partial charge in [0.1, 0.15) is 12.6 Å². The van der Waals surface area contributed by atoms with E-state index in [4.69, 9.17) is 4.74 Å². The molecule has 1 heterocycles. The molecule has 0 saturated heterocycles. The summed E-state index contributed by atoms with van der Waals surface area (Å²) in [5.74, 6) is -2.30. The highest BCUT2D eigenvalue weighted by Gasteiger charge is 2.37. The molecule has 2 unspecified atom stereocenters. The highest BCUT2D eigenvalue weighted by atomic mass is 16.5. The molecule has 2 atom stereocenters. The van der Waals surface area contributed by atoms with Gasteiger partial charge < -0.3 is 30.6 Å². The van der Waals surface area contributed by atoms with Crippen LogP contribution < -0.4 is 10.6 Å². The number of H-pyrrole nitrogens is 1. The fourth-order valence-corrected chi connectivity index (χ4v) is 4.23. The number of aromatic nitrogens is 1. The molecule has 182 valence electrons. The van der Waals surface area contributed by atoms with Gasteiger partial charge in [-0.3, -0.25) is 4.79 Å². The summed E-state index contributed by atoms with van der Waals surface area (Å²) in [7, 11) is 0. The summed E-state index contributed by atoms with van der Waals surface area (Å²) in [6, 6.07) is 18.2. The number of ether oxygens (including phenoxy) is 1. The van der Waals surface area contributed by atoms with Gasteiger partial charge in [0.05, 0.1) is 6.61 Å². The van der Waals surface area contributed by atoms with E-state index in [1.165, 1.54) is 6.92 Å². The Labute approximate surface area is 202 Å². The smallest absolute Gasteiger partial charge is 0.407 e. The normalized spacial score (nSPS) is 14.8. The highest BCUT2D eigenvalue weighted by molar-refractivity contribution is 5.91. The van der Waals surface area contributed by atoms with Crippen LogP contribution in [0.15, 0.2) is 66.9 Å². The Morgan fingerprint density at radius 1 is 1.03 bits per heavy atom. The Bertz CT molecular complexity index is 1180. The third kappa shape index (κ3) is 5.04. The zero-order valence-corrected chi connectivity index (χ0v) is 19.2. The molecule has 0 aliphatic heterocycles. The maximum Gasteiger partial charge on any atom is 0.407 e. The minimum absolute atomic E-state index is 0.0696. The zero-order chi connectivity index (χ0) is 25.0. The highest BCUT2D eigenvalue weighted by Crippen LogP contribution is 2.44. The minimum Gasteiger partial charge on any atom is -0.479 e. The molecule has 9 heteroatoms. The first-order chi connectivity index (χ1) is 16.8. The van der Waals surface area contributed by atoms with E-state index in [9.17, 15) is 24.6 Å². The third-order valence-corrected chi connectivity index (χ3v) is 6.23. The number of fused-ring (bicyclic) bond motifs is 3. The number of benzene rings is 2. The molecular weight excluding hydrogens is 450 g/mol. The second-order valence-electron chi connectivity index (χ2n) is 8.71. The number of aliphatic hydroxyl groups is 1. The van der Waals surface area contributed by atoms with Crippen molar-refractivity contribution in [2.75, 3.05) is 13.2 Å². The SMILES string of the molecule is CC(CO)(NC(=O)C(Cc1ccc[nH]1)NC(=O)OCC1c2ccccc2-c2ccccc21)C(=O)O. The molecule has 5 N–H and O–H groups in total. The van der Waals surface area contributed by atoms with Crippen molar-refractivity contribution in [3.63, 3.8) is 0 Å². The lowest BCUT2D eigenvalue weighted by Crippen LogP contribution is -2.60. The first-order valence-corrected chi connectivity index (χ1v) is 11.2. The molecular formula is C26H27N3O6. The van der Waals surface area contributed by atoms with Crippen LogP contribution in [0.25, 0.3) is 11.1 Å². The summed E-state index contributed by atoms with van der Waals surface area (Å²) in [5.41, 5.74) is 3.07. The average molecular weight is 478 g/mol. The number of aliphatic hydroxyl groups excluding tert-OH is 1. The van der Waals surface area contributed by atoms with Gasteiger partial charge in [0.15, 0.2) is 5.54 Å². The lowest BCUT2D eigenvalue weighted by Gasteiger charge is -2.27. The Hall–Kier alpha value is -4.11. The quantitative estimate of drug-likeness (QED) is 0.321. The molecule has 1 aromatic heterocycles. The van der Waals surface area contributed by atoms with Crippen LogP contribution in [0.4, 0.5) is 4.79 Å². The number of carbonyl (C=O) groups is 3. The van der Waals surface area contributed by atoms with E-state index in [-0.39, 0.29) is 18.9 Å². The summed E-state index contributed by atoms with van der Waals surface area (Å²) in [6.45, 7) is 0.445. The van der Waals surface area contributed by atoms with E-state index in [1.54, 1.807) is 18.3 Å². The van der Waals surface area contributed by atoms with Crippen LogP contribution in [0.2, 0.25) is 0 Å². The van der Waals surface area contributed by atoms with Gasteiger partial charge in [0.25, 0.3) is 0 Å². The van der Waals surface area contributed by atoms with Crippen molar-refractivity contribution >= 4 is 18.0 Å². The van der Waals surface area contributed by atoms with Crippen LogP contribution in [0.3, 0.4) is 0 Å². The molecule has 0 saturated carbocycles. The number of carbonyl (C=O) groups excluding carboxylic acids is 2. The Kier molecular flexibility index (Phi) is 6.88. The first-order valence-electron chi connectivity index (χ1n) is 11.2. The fraction of sp³-hybridized carbons (Fsp3) is 0.269. The van der Waals surface area contributed by atoms with Crippen molar-refractivity contribution in [1.82, 2.24) is 15.6 Å². The topological polar surface area (TPSA) is 141 Å². The van der Waals surface area contributed by atoms with Gasteiger partial charge in [-0.1, -0.05) is 48.5 Å². The van der Waals surface area contributed by atoms with E-state index in [0.29, 0.717) is 5.69 Å². The number of carboxylic acids is 1. The van der Waals surface area contributed by atoms with E-state index in [2.05, 4.69) is 15.6 Å². The standard InChI is InChI=1S/C26H27N3O6/c1-26(15-30,24(32)33)29-23(31)22(13-16-7-6-12-27-16)28-25(34)35-14-21-19-10-4-2-8-17(19)18-9-3-5-11-20(18)21/h2-12,21-22,27,30H,13-15H2,1H3,(H,28,34)(H,29,31)(H,32,33). The molecule has 1 aliphatic rings. The summed E-state index contributed by atoms with van der Waals surface area (Å²) < 4.78 is 5.54. The van der Waals surface area contributed by atoms with Gasteiger partial charge >= 0.3 is 12.1 Å². The lowest BCUT2D eigenvalue weighted by molar-refractivity contribution is -0.149. The van der Waals surface area contributed by atoms with Crippen LogP contribution >= 0.6 is 0 Å². The van der Waals surface area contributed by atoms with Crippen molar-refractivity contribution in [1.29, 1.82) is 0 Å². The van der Waals surface area contributed by atoms with E-state index < -0.39 is 36.2 Å². The molecule has 2 aromatic carbocycles. The van der Waals surface area contributed by atoms with Gasteiger partial charge in [0, 0.05) is 24.2 Å². The van der Waals surface area contributed by atoms with Gasteiger partial charge in [-0.15, -0.1) is 0 Å². The predicted molar refractivity (Wildman–Crippen MR) is 128 cm³/mol. The van der Waals surface area contributed by atoms with Crippen molar-refractivity contribution < 1.29 is 29.3 Å². The maximum absolute atomic E-state index is 12.9. The molecule has 0 spiro atoms. The monoisotopic (exact) mass is 477 g/mol. The molecule has 1 aliphatic carbocycles. The molecule has 3 aromatic rings. The van der Waals surface area contributed by atoms with Gasteiger partial charge in [-0.2, -0.15) is 0 Å². The van der Waals surface area contributed by atoms with Crippen LogP contribution in [0, 0.1) is 0 Å². The molecule has 0 bridgehead atoms. The molecule has 0 fully saturated rings. The fourth-order valence-electron chi connectivity index (χ4n) is 4.23. The molecule has 35 heavy (non-hydrogen) atoms. The number of hydrogen-bond donors (Lipinski definition) is 5. The van der Waals surface area contributed by atoms with Crippen LogP contribution in [0.5, 0.6) is 0 Å². The van der Waals surface area contributed by atoms with Gasteiger partial charge in [-0.05, 0) is 41.3 Å². The molecule has 4 rings (SSSR count). The summed E-state index contributed by atoms with van der Waals surface area (Å²) in [5, 5.41) is 23.7. The Morgan fingerprint density at radius 3 is 2.20 bits per heavy atom. The minimum atomic E-state index is -1.89. The largest absolute Gasteiger partial charge is 0.479 e. The lowest BCUT2D eigenvalue weighted by atomic mass is 9.98. The second-order valence-corrected chi connectivity index (χ2v) is 8.71. The zero-order valence-electron chi connectivity index (χ0n) is 19.2. The number of rotatable bonds is 9. The van der Waals surface area contributed by atoms with Crippen molar-refractivity contribution in [3.8, 4) is 11.1 Å². The van der Waals surface area contributed by atoms with E-state index in [0.717, 1.165) is 22.3 Å². The molecule has 0 radical (unpaired) electrons. The maximum atomic E-state index is 12.9. The van der Waals surface area contributed by atoms with Crippen molar-refractivity contribution in [3.05, 3.63) is 83.7 Å². The molecule has 9 nitrogen and oxygen atoms in total. The number of carboxylic acid groups (broad SMARTS) is 1. The number of amides is 2. The van der Waals surface area contributed by atoms with Crippen molar-refractivity contribution in [2.45, 2.75) is 30.8 Å². The van der Waals surface area contributed by atoms with Gasteiger partial charge in [-0.25, -0.2) is 9.59 Å². The van der Waals surface area contributed by atoms with Gasteiger partial charge in [0.2, 0.25) is 5.91 Å². The molecule has 2 amide bonds. The Balaban J connectivity index is 1.47. The average Bonchev–Trinajstić information content (AvgIpc) is 3.48. The summed E-state index contributed by atoms with van der Waals surface area (Å²) in [4.78, 5) is 40.1. The van der Waals surface area contributed by atoms with Crippen LogP contribution in [-0.4, -0.2) is 58.0 Å². The second kappa shape index (κ2) is 10.0. The summed E-state index contributed by atoms with van der Waals surface area (Å²) in [6.07, 6.45) is 0.941. The number of aromatic amines is 1. The third-order valence-electron chi connectivity index (χ3n) is 6.23. The number of hydrogen-bond acceptors (Lipinski definition) is 5. The number of nitrogens with one attached hydrogen (secondary N) is 3. The number of aliphatic carboxylic acids is 1. The van der Waals surface area contributed by atoms with Crippen molar-refractivity contribution in [2.24, 2.45) is 0 Å². The van der Waals surface area contributed by atoms with E-state index >= 15 is 0 Å². The Morgan fingerprint density at radius 2 is 1.66 bits per heavy atom. The van der Waals surface area contributed by atoms with Crippen LogP contribution in [-0.2, 0) is 20.7 Å². The number of alkyl carbamates (subject to hydrolysis) is 1. The summed E-state index contributed by atoms with van der Waals surface area (Å²) >= 11 is 0. The predicted octanol–water partition coefficient (Wildman–Crippen LogP) is 2.42. The first kappa shape index (κ1) is 24.0. The van der Waals surface area contributed by atoms with E-state index in [1.807, 2.05) is 48.5 Å².